The Morgan fingerprint density at radius 1 is 1.29 bits per heavy atom. The predicted octanol–water partition coefficient (Wildman–Crippen LogP) is 2.56. The largest absolute Gasteiger partial charge is 0.372 e. The highest BCUT2D eigenvalue weighted by molar-refractivity contribution is 5.83. The van der Waals surface area contributed by atoms with Crippen LogP contribution in [0, 0.1) is 5.92 Å². The summed E-state index contributed by atoms with van der Waals surface area (Å²) in [5.74, 6) is 0.712. The average molecular weight is 325 g/mol. The molecule has 0 spiro atoms. The van der Waals surface area contributed by atoms with Gasteiger partial charge < -0.3 is 14.6 Å². The number of carbonyl (C=O) groups excluding carboxylic acids is 1. The molecule has 4 atom stereocenters. The van der Waals surface area contributed by atoms with Gasteiger partial charge in [0.15, 0.2) is 0 Å². The molecule has 126 valence electrons. The molecule has 0 unspecified atom stereocenters. The lowest BCUT2D eigenvalue weighted by atomic mass is 10.0. The Morgan fingerprint density at radius 2 is 2.12 bits per heavy atom. The lowest BCUT2D eigenvalue weighted by molar-refractivity contribution is -0.124. The molecular weight excluding hydrogens is 302 g/mol. The molecule has 5 heteroatoms. The first-order chi connectivity index (χ1) is 11.7. The van der Waals surface area contributed by atoms with Crippen molar-refractivity contribution in [3.05, 3.63) is 54.1 Å². The first-order valence-electron chi connectivity index (χ1n) is 8.65. The molecule has 4 rings (SSSR count). The minimum atomic E-state index is 0.0145. The summed E-state index contributed by atoms with van der Waals surface area (Å²) in [7, 11) is 1.97. The van der Waals surface area contributed by atoms with Crippen molar-refractivity contribution in [3.8, 4) is 0 Å². The van der Waals surface area contributed by atoms with E-state index in [9.17, 15) is 4.79 Å². The van der Waals surface area contributed by atoms with Crippen LogP contribution < -0.4 is 5.32 Å². The van der Waals surface area contributed by atoms with Gasteiger partial charge in [-0.25, -0.2) is 4.98 Å². The van der Waals surface area contributed by atoms with Gasteiger partial charge in [-0.2, -0.15) is 0 Å². The van der Waals surface area contributed by atoms with Gasteiger partial charge in [-0.15, -0.1) is 0 Å². The van der Waals surface area contributed by atoms with Gasteiger partial charge in [0.2, 0.25) is 5.91 Å². The number of hydrogen-bond donors (Lipinski definition) is 1. The summed E-state index contributed by atoms with van der Waals surface area (Å²) in [6, 6.07) is 10.5. The van der Waals surface area contributed by atoms with Crippen molar-refractivity contribution in [2.24, 2.45) is 13.0 Å². The van der Waals surface area contributed by atoms with E-state index in [1.54, 1.807) is 6.33 Å². The highest BCUT2D eigenvalue weighted by atomic mass is 16.5. The van der Waals surface area contributed by atoms with Crippen LogP contribution in [0.1, 0.15) is 42.5 Å². The fourth-order valence-corrected chi connectivity index (χ4v) is 3.67. The summed E-state index contributed by atoms with van der Waals surface area (Å²) in [5.41, 5.74) is 2.35. The molecule has 2 aliphatic rings. The molecular formula is C19H23N3O2. The molecule has 0 radical (unpaired) electrons. The number of ether oxygens (including phenoxy) is 1. The number of aryl methyl sites for hydroxylation is 1. The third-order valence-electron chi connectivity index (χ3n) is 5.17. The summed E-state index contributed by atoms with van der Waals surface area (Å²) in [5, 5.41) is 3.24. The molecule has 1 aromatic heterocycles. The predicted molar refractivity (Wildman–Crippen MR) is 90.4 cm³/mol. The van der Waals surface area contributed by atoms with E-state index in [1.165, 1.54) is 5.56 Å². The number of rotatable bonds is 4. The van der Waals surface area contributed by atoms with Crippen LogP contribution in [0.2, 0.25) is 0 Å². The topological polar surface area (TPSA) is 56.2 Å². The third kappa shape index (κ3) is 3.08. The van der Waals surface area contributed by atoms with E-state index in [0.717, 1.165) is 25.0 Å². The molecule has 1 saturated carbocycles. The average Bonchev–Trinajstić information content (AvgIpc) is 3.30. The number of imidazole rings is 1. The molecule has 1 aliphatic carbocycles. The Balaban J connectivity index is 1.34. The summed E-state index contributed by atoms with van der Waals surface area (Å²) < 4.78 is 7.86. The molecule has 1 N–H and O–H groups in total. The van der Waals surface area contributed by atoms with Gasteiger partial charge in [0.1, 0.15) is 6.10 Å². The zero-order chi connectivity index (χ0) is 16.5. The second-order valence-electron chi connectivity index (χ2n) is 6.88. The highest BCUT2D eigenvalue weighted by Gasteiger charge is 2.44. The summed E-state index contributed by atoms with van der Waals surface area (Å²) in [6.45, 7) is 0.674. The zero-order valence-electron chi connectivity index (χ0n) is 13.9. The molecule has 1 saturated heterocycles. The van der Waals surface area contributed by atoms with Crippen molar-refractivity contribution in [1.82, 2.24) is 14.9 Å². The van der Waals surface area contributed by atoms with Crippen LogP contribution in [0.3, 0.4) is 0 Å². The maximum atomic E-state index is 12.5. The van der Waals surface area contributed by atoms with E-state index in [0.29, 0.717) is 12.5 Å². The first-order valence-corrected chi connectivity index (χ1v) is 8.65. The summed E-state index contributed by atoms with van der Waals surface area (Å²) in [6.07, 6.45) is 6.30. The maximum Gasteiger partial charge on any atom is 0.223 e. The summed E-state index contributed by atoms with van der Waals surface area (Å²) >= 11 is 0. The van der Waals surface area contributed by atoms with Crippen molar-refractivity contribution in [2.75, 3.05) is 6.61 Å². The monoisotopic (exact) mass is 325 g/mol. The van der Waals surface area contributed by atoms with Gasteiger partial charge >= 0.3 is 0 Å². The van der Waals surface area contributed by atoms with Gasteiger partial charge in [0.25, 0.3) is 0 Å². The normalized spacial score (nSPS) is 29.2. The zero-order valence-corrected chi connectivity index (χ0v) is 13.9. The number of amides is 1. The number of nitrogens with zero attached hydrogens (tertiary/aromatic N) is 2. The first kappa shape index (κ1) is 15.4. The van der Waals surface area contributed by atoms with Crippen molar-refractivity contribution < 1.29 is 9.53 Å². The lowest BCUT2D eigenvalue weighted by Gasteiger charge is -2.30. The third-order valence-corrected chi connectivity index (χ3v) is 5.17. The van der Waals surface area contributed by atoms with E-state index in [4.69, 9.17) is 4.74 Å². The van der Waals surface area contributed by atoms with Crippen LogP contribution in [0.25, 0.3) is 0 Å². The lowest BCUT2D eigenvalue weighted by Crippen LogP contribution is -2.41. The molecule has 1 amide bonds. The Hall–Kier alpha value is -2.14. The van der Waals surface area contributed by atoms with Crippen LogP contribution in [-0.2, 0) is 16.6 Å². The molecule has 24 heavy (non-hydrogen) atoms. The van der Waals surface area contributed by atoms with Crippen molar-refractivity contribution in [1.29, 1.82) is 0 Å². The van der Waals surface area contributed by atoms with Gasteiger partial charge in [0, 0.05) is 25.6 Å². The molecule has 2 fully saturated rings. The molecule has 5 nitrogen and oxygen atoms in total. The number of carbonyl (C=O) groups is 1. The number of nitrogens with one attached hydrogen (secondary N) is 1. The second kappa shape index (κ2) is 6.40. The number of benzene rings is 1. The SMILES string of the molecule is Cn1cncc1[C@@H]1C[C@H](NC(=O)[C@@H]2C[C@H]2c2ccccc2)CCO1. The Bertz CT molecular complexity index is 712. The van der Waals surface area contributed by atoms with Crippen LogP contribution in [-0.4, -0.2) is 28.1 Å². The molecule has 2 aromatic rings. The van der Waals surface area contributed by atoms with Crippen LogP contribution in [0.5, 0.6) is 0 Å². The Kier molecular flexibility index (Phi) is 4.10. The minimum Gasteiger partial charge on any atom is -0.372 e. The van der Waals surface area contributed by atoms with Gasteiger partial charge in [0.05, 0.1) is 18.2 Å². The standard InChI is InChI=1S/C19H23N3O2/c1-22-12-20-11-17(22)18-9-14(7-8-24-18)21-19(23)16-10-15(16)13-5-3-2-4-6-13/h2-6,11-12,14-16,18H,7-10H2,1H3,(H,21,23)/t14-,15+,16-,18+/m1/s1. The van der Waals surface area contributed by atoms with Crippen LogP contribution >= 0.6 is 0 Å². The van der Waals surface area contributed by atoms with E-state index < -0.39 is 0 Å². The van der Waals surface area contributed by atoms with Crippen molar-refractivity contribution >= 4 is 5.91 Å². The van der Waals surface area contributed by atoms with Gasteiger partial charge in [-0.3, -0.25) is 4.79 Å². The molecule has 2 heterocycles. The van der Waals surface area contributed by atoms with Gasteiger partial charge in [-0.1, -0.05) is 30.3 Å². The fraction of sp³-hybridized carbons (Fsp3) is 0.474. The molecule has 0 bridgehead atoms. The number of hydrogen-bond acceptors (Lipinski definition) is 3. The smallest absolute Gasteiger partial charge is 0.223 e. The fourth-order valence-electron chi connectivity index (χ4n) is 3.67. The van der Waals surface area contributed by atoms with E-state index in [-0.39, 0.29) is 24.0 Å². The minimum absolute atomic E-state index is 0.0145. The summed E-state index contributed by atoms with van der Waals surface area (Å²) in [4.78, 5) is 16.7. The van der Waals surface area contributed by atoms with Gasteiger partial charge in [-0.05, 0) is 30.7 Å². The Morgan fingerprint density at radius 3 is 2.88 bits per heavy atom. The van der Waals surface area contributed by atoms with Crippen molar-refractivity contribution in [2.45, 2.75) is 37.3 Å². The maximum absolute atomic E-state index is 12.5. The van der Waals surface area contributed by atoms with E-state index in [1.807, 2.05) is 36.0 Å². The molecule has 1 aliphatic heterocycles. The molecule has 1 aromatic carbocycles. The Labute approximate surface area is 142 Å². The van der Waals surface area contributed by atoms with E-state index >= 15 is 0 Å². The van der Waals surface area contributed by atoms with Crippen molar-refractivity contribution in [3.63, 3.8) is 0 Å². The van der Waals surface area contributed by atoms with E-state index in [2.05, 4.69) is 22.4 Å². The van der Waals surface area contributed by atoms with Crippen LogP contribution in [0.4, 0.5) is 0 Å². The quantitative estimate of drug-likeness (QED) is 0.940. The highest BCUT2D eigenvalue weighted by Crippen LogP contribution is 2.47. The number of aromatic nitrogens is 2. The van der Waals surface area contributed by atoms with Crippen LogP contribution in [0.15, 0.2) is 42.9 Å². The second-order valence-corrected chi connectivity index (χ2v) is 6.88.